The average molecular weight is 1510 g/mol. The lowest BCUT2D eigenvalue weighted by Gasteiger charge is -2.19. The van der Waals surface area contributed by atoms with E-state index in [0.29, 0.717) is 68.1 Å². The number of alkyl halides is 1. The molecule has 0 spiro atoms. The minimum atomic E-state index is -1.02. The molecular weight excluding hydrogens is 1420 g/mol. The highest BCUT2D eigenvalue weighted by Gasteiger charge is 2.54. The molecule has 12 unspecified atom stereocenters. The maximum absolute atomic E-state index is 12.4. The molecule has 0 bridgehead atoms. The molecule has 12 atom stereocenters. The summed E-state index contributed by atoms with van der Waals surface area (Å²) in [6.07, 6.45) is 9.30. The van der Waals surface area contributed by atoms with Gasteiger partial charge in [-0.15, -0.1) is 0 Å². The second-order valence-electron chi connectivity index (χ2n) is 23.4. The van der Waals surface area contributed by atoms with Gasteiger partial charge in [0.05, 0.1) is 89.8 Å². The van der Waals surface area contributed by atoms with E-state index in [4.69, 9.17) is 46.9 Å². The van der Waals surface area contributed by atoms with Gasteiger partial charge in [0.25, 0.3) is 0 Å². The Hall–Kier alpha value is -7.26. The Morgan fingerprint density at radius 2 is 0.830 bits per heavy atom. The number of carbonyl (C=O) groups excluding carboxylic acids is 13. The molecule has 36 nitrogen and oxygen atoms in total. The van der Waals surface area contributed by atoms with Crippen molar-refractivity contribution in [1.82, 2.24) is 46.2 Å². The van der Waals surface area contributed by atoms with Gasteiger partial charge in [-0.25, -0.2) is 58.0 Å². The van der Waals surface area contributed by atoms with Crippen molar-refractivity contribution in [3.8, 4) is 0 Å². The lowest BCUT2D eigenvalue weighted by atomic mass is 10.0. The summed E-state index contributed by atoms with van der Waals surface area (Å²) in [5, 5.41) is 26.5. The fourth-order valence-electron chi connectivity index (χ4n) is 12.1. The van der Waals surface area contributed by atoms with E-state index in [0.717, 1.165) is 96.6 Å². The van der Waals surface area contributed by atoms with Crippen LogP contribution in [0.25, 0.3) is 10.4 Å². The van der Waals surface area contributed by atoms with Crippen molar-refractivity contribution < 1.29 is 110 Å². The molecule has 8 N–H and O–H groups in total. The van der Waals surface area contributed by atoms with Gasteiger partial charge >= 0.3 is 78.3 Å². The summed E-state index contributed by atoms with van der Waals surface area (Å²) in [5.41, 5.74) is 13.4. The second-order valence-corrected chi connectivity index (χ2v) is 28.7. The molecule has 0 aliphatic carbocycles. The molecule has 0 saturated carbocycles. The molecule has 8 saturated heterocycles. The molecule has 0 aromatic carbocycles. The van der Waals surface area contributed by atoms with E-state index in [2.05, 4.69) is 55.6 Å². The maximum atomic E-state index is 12.4. The summed E-state index contributed by atoms with van der Waals surface area (Å²) in [6, 6.07) is -3.37. The van der Waals surface area contributed by atoms with E-state index < -0.39 is 61.2 Å². The average Bonchev–Trinajstić information content (AvgIpc) is 1.66. The second kappa shape index (κ2) is 44.2. The highest BCUT2D eigenvalue weighted by molar-refractivity contribution is 8.01. The van der Waals surface area contributed by atoms with Crippen LogP contribution in [0.3, 0.4) is 0 Å². The maximum Gasteiger partial charge on any atom is 0.419 e. The zero-order valence-electron chi connectivity index (χ0n) is 56.1. The first-order chi connectivity index (χ1) is 48.1. The van der Waals surface area contributed by atoms with E-state index >= 15 is 0 Å². The SMILES string of the molecule is COC(=O)CCCCC1SCC2C1NC(=O)N2C(=O)OCCCCNC(=O)CCC(=O)O.COC(=O)CCCCC1SCC2C1NC(=O)N2C(=O)OCCl.COC(=O)CCCCC1SCC2C1NC(=O)N2C(=O)OCN.COC(=O)CCCCC1SCC2C1NC(=O)N2C(=O)OCN=[N+]=[N-]. The molecule has 0 aromatic rings. The number of thioether (sulfide) groups is 4. The molecule has 8 aliphatic rings. The topological polar surface area (TPSA) is 481 Å². The predicted octanol–water partition coefficient (Wildman–Crippen LogP) is 6.08. The third-order valence-corrected chi connectivity index (χ3v) is 23.2. The number of ether oxygens (including phenoxy) is 8. The molecule has 8 heterocycles. The zero-order chi connectivity index (χ0) is 73.3. The van der Waals surface area contributed by atoms with Crippen LogP contribution in [-0.2, 0) is 66.7 Å². The van der Waals surface area contributed by atoms with Crippen LogP contribution < -0.4 is 32.3 Å². The lowest BCUT2D eigenvalue weighted by Crippen LogP contribution is -2.42. The number of nitrogens with zero attached hydrogens (tertiary/aromatic N) is 7. The molecule has 560 valence electrons. The Morgan fingerprint density at radius 1 is 0.500 bits per heavy atom. The zero-order valence-corrected chi connectivity index (χ0v) is 60.1. The van der Waals surface area contributed by atoms with Gasteiger partial charge in [0.1, 0.15) is 6.73 Å². The molecule has 100 heavy (non-hydrogen) atoms. The van der Waals surface area contributed by atoms with Gasteiger partial charge in [0.15, 0.2) is 12.8 Å². The Labute approximate surface area is 599 Å². The number of hydrogen-bond donors (Lipinski definition) is 7. The number of imide groups is 4. The first-order valence-electron chi connectivity index (χ1n) is 32.6. The van der Waals surface area contributed by atoms with Crippen LogP contribution in [0.4, 0.5) is 38.4 Å². The van der Waals surface area contributed by atoms with Gasteiger partial charge in [-0.2, -0.15) is 47.0 Å². The number of urea groups is 4. The molecule has 8 rings (SSSR count). The number of esters is 4. The van der Waals surface area contributed by atoms with Crippen LogP contribution >= 0.6 is 58.6 Å². The smallest absolute Gasteiger partial charge is 0.419 e. The number of methoxy groups -OCH3 is 4. The molecule has 8 fully saturated rings. The molecule has 41 heteroatoms. The highest BCUT2D eigenvalue weighted by atomic mass is 35.5. The van der Waals surface area contributed by atoms with Crippen LogP contribution in [0, 0.1) is 0 Å². The number of amides is 13. The number of aliphatic carboxylic acids is 1. The molecule has 13 amide bonds. The van der Waals surface area contributed by atoms with Crippen LogP contribution in [0.1, 0.15) is 128 Å². The largest absolute Gasteiger partial charge is 0.481 e. The predicted molar refractivity (Wildman–Crippen MR) is 362 cm³/mol. The Bertz CT molecular complexity index is 2820. The number of nitrogens with two attached hydrogens (primary N) is 1. The van der Waals surface area contributed by atoms with Crippen molar-refractivity contribution in [2.75, 3.05) is 84.1 Å². The third-order valence-electron chi connectivity index (χ3n) is 17.1. The quantitative estimate of drug-likeness (QED) is 0.00462. The number of hydrogen-bond acceptors (Lipinski definition) is 28. The Morgan fingerprint density at radius 3 is 1.14 bits per heavy atom. The minimum absolute atomic E-state index is 0.0682. The van der Waals surface area contributed by atoms with Crippen LogP contribution in [-0.4, -0.2) is 262 Å². The number of nitrogens with one attached hydrogen (secondary N) is 5. The van der Waals surface area contributed by atoms with Crippen molar-refractivity contribution >= 4 is 143 Å². The number of carboxylic acid groups (broad SMARTS) is 1. The van der Waals surface area contributed by atoms with Crippen molar-refractivity contribution in [1.29, 1.82) is 0 Å². The van der Waals surface area contributed by atoms with Crippen LogP contribution in [0.15, 0.2) is 5.11 Å². The van der Waals surface area contributed by atoms with Crippen molar-refractivity contribution in [3.63, 3.8) is 0 Å². The van der Waals surface area contributed by atoms with E-state index in [-0.39, 0.29) is 131 Å². The van der Waals surface area contributed by atoms with Gasteiger partial charge in [-0.05, 0) is 69.7 Å². The summed E-state index contributed by atoms with van der Waals surface area (Å²) >= 11 is 12.2. The first-order valence-corrected chi connectivity index (χ1v) is 37.4. The summed E-state index contributed by atoms with van der Waals surface area (Å²) in [5.74, 6) is 0.412. The van der Waals surface area contributed by atoms with Crippen LogP contribution in [0.2, 0.25) is 0 Å². The van der Waals surface area contributed by atoms with Gasteiger partial charge in [0, 0.05) is 87.6 Å². The normalized spacial score (nSPS) is 24.5. The number of carboxylic acids is 1. The summed E-state index contributed by atoms with van der Waals surface area (Å²) in [4.78, 5) is 169. The summed E-state index contributed by atoms with van der Waals surface area (Å²) in [6.45, 7) is -0.209. The standard InChI is InChI=1S/C20H31N3O8S.C13H19ClN2O5S.C13H19N5O5S.C13H21N3O5S/c1-30-17(27)7-3-2-6-14-18-13(12-32-14)23(19(28)22-18)20(29)31-11-5-4-10-21-15(24)8-9-16(25)26;1-20-10(17)5-3-2-4-9-11-8(6-22-9)16(12(18)15-11)13(19)21-7-14;1-22-10(19)5-3-2-4-9-11-8(6-24-9)18(12(20)16-11)13(21)23-7-15-17-14;1-20-10(17)5-3-2-4-9-11-8(6-22-9)16(12(18)15-11)13(19)21-7-14/h13-14,18H,2-12H2,1H3,(H,21,24)(H,22,28)(H,25,26);8-9,11H,2-7H2,1H3,(H,15,18);8-9,11H,2-7H2,1H3,(H,16,20);8-9,11H,2-7,14H2,1H3,(H,15,18). The number of fused-ring (bicyclic) bond motifs is 4. The number of unbranched alkanes of at least 4 members (excludes halogenated alkanes) is 5. The Kier molecular flexibility index (Phi) is 36.9. The molecule has 0 aromatic heterocycles. The Balaban J connectivity index is 0.000000243. The van der Waals surface area contributed by atoms with Crippen molar-refractivity contribution in [3.05, 3.63) is 10.4 Å². The van der Waals surface area contributed by atoms with Gasteiger partial charge in [-0.3, -0.25) is 34.5 Å². The summed E-state index contributed by atoms with van der Waals surface area (Å²) < 4.78 is 37.9. The minimum Gasteiger partial charge on any atom is -0.481 e. The third kappa shape index (κ3) is 25.4. The van der Waals surface area contributed by atoms with Gasteiger partial charge in [0.2, 0.25) is 5.91 Å². The van der Waals surface area contributed by atoms with Crippen LogP contribution in [0.5, 0.6) is 0 Å². The lowest BCUT2D eigenvalue weighted by molar-refractivity contribution is -0.141. The monoisotopic (exact) mass is 1510 g/mol. The molecule has 8 aliphatic heterocycles. The van der Waals surface area contributed by atoms with Crippen molar-refractivity contribution in [2.24, 2.45) is 10.8 Å². The number of halogens is 1. The fourth-order valence-corrected chi connectivity index (χ4v) is 18.5. The summed E-state index contributed by atoms with van der Waals surface area (Å²) in [7, 11) is 5.49. The molecular formula is C59H90ClN13O23S4. The van der Waals surface area contributed by atoms with E-state index in [1.165, 1.54) is 28.4 Å². The van der Waals surface area contributed by atoms with Gasteiger partial charge in [-0.1, -0.05) is 42.4 Å². The first kappa shape index (κ1) is 83.4. The molecule has 0 radical (unpaired) electrons. The van der Waals surface area contributed by atoms with Gasteiger partial charge < -0.3 is 69.6 Å². The van der Waals surface area contributed by atoms with E-state index in [1.54, 1.807) is 47.0 Å². The fraction of sp³-hybridized carbons (Fsp3) is 0.763. The van der Waals surface area contributed by atoms with E-state index in [9.17, 15) is 67.1 Å². The van der Waals surface area contributed by atoms with E-state index in [1.807, 2.05) is 0 Å². The van der Waals surface area contributed by atoms with Crippen molar-refractivity contribution in [2.45, 2.75) is 198 Å². The highest BCUT2D eigenvalue weighted by Crippen LogP contribution is 2.41. The number of azide groups is 1. The number of rotatable bonds is 32. The number of carbonyl (C=O) groups is 14.